The molecule has 1 aliphatic carbocycles. The molecular weight excluding hydrogens is 344 g/mol. The molecule has 1 aliphatic rings. The number of Topliss-reactive ketones (excluding diaryl/α,β-unsaturated/α-hetero) is 1. The van der Waals surface area contributed by atoms with E-state index in [0.29, 0.717) is 24.8 Å². The monoisotopic (exact) mass is 372 g/mol. The van der Waals surface area contributed by atoms with Crippen LogP contribution in [-0.2, 0) is 32.0 Å². The Morgan fingerprint density at radius 2 is 1.67 bits per heavy atom. The molecule has 1 aromatic rings. The molecule has 0 spiro atoms. The maximum absolute atomic E-state index is 13.4. The minimum absolute atomic E-state index is 0.273. The SMILES string of the molecule is C=C1CC(C(=O)O)C(C(=O)C(C(=O)OC)c2c(CC)cc(C)cc2CC)C1. The van der Waals surface area contributed by atoms with Crippen molar-refractivity contribution in [2.24, 2.45) is 11.8 Å². The van der Waals surface area contributed by atoms with E-state index in [9.17, 15) is 19.5 Å². The van der Waals surface area contributed by atoms with Crippen molar-refractivity contribution in [3.8, 4) is 0 Å². The molecule has 0 heterocycles. The van der Waals surface area contributed by atoms with E-state index in [1.807, 2.05) is 32.9 Å². The Kier molecular flexibility index (Phi) is 6.58. The minimum atomic E-state index is -1.10. The van der Waals surface area contributed by atoms with Crippen LogP contribution < -0.4 is 0 Å². The lowest BCUT2D eigenvalue weighted by atomic mass is 9.78. The molecule has 1 aromatic carbocycles. The van der Waals surface area contributed by atoms with Crippen LogP contribution in [0.3, 0.4) is 0 Å². The van der Waals surface area contributed by atoms with Crippen molar-refractivity contribution in [1.29, 1.82) is 0 Å². The summed E-state index contributed by atoms with van der Waals surface area (Å²) in [5, 5.41) is 9.53. The Labute approximate surface area is 160 Å². The van der Waals surface area contributed by atoms with E-state index < -0.39 is 29.7 Å². The van der Waals surface area contributed by atoms with Gasteiger partial charge in [0.15, 0.2) is 5.78 Å². The predicted molar refractivity (Wildman–Crippen MR) is 103 cm³/mol. The maximum atomic E-state index is 13.4. The summed E-state index contributed by atoms with van der Waals surface area (Å²) in [7, 11) is 1.26. The normalized spacial score (nSPS) is 20.4. The molecule has 1 fully saturated rings. The van der Waals surface area contributed by atoms with Crippen LogP contribution in [-0.4, -0.2) is 29.9 Å². The summed E-state index contributed by atoms with van der Waals surface area (Å²) in [5.41, 5.74) is 4.35. The van der Waals surface area contributed by atoms with Crippen LogP contribution in [0, 0.1) is 18.8 Å². The van der Waals surface area contributed by atoms with Gasteiger partial charge in [-0.1, -0.05) is 43.7 Å². The van der Waals surface area contributed by atoms with Crippen LogP contribution in [0.1, 0.15) is 54.9 Å². The Morgan fingerprint density at radius 1 is 1.15 bits per heavy atom. The van der Waals surface area contributed by atoms with E-state index in [2.05, 4.69) is 6.58 Å². The van der Waals surface area contributed by atoms with Gasteiger partial charge < -0.3 is 9.84 Å². The van der Waals surface area contributed by atoms with E-state index >= 15 is 0 Å². The number of methoxy groups -OCH3 is 1. The summed E-state index contributed by atoms with van der Waals surface area (Å²) < 4.78 is 4.97. The van der Waals surface area contributed by atoms with Crippen LogP contribution in [0.15, 0.2) is 24.3 Å². The minimum Gasteiger partial charge on any atom is -0.481 e. The lowest BCUT2D eigenvalue weighted by Gasteiger charge is -2.25. The van der Waals surface area contributed by atoms with Crippen LogP contribution in [0.25, 0.3) is 0 Å². The lowest BCUT2D eigenvalue weighted by molar-refractivity contribution is -0.151. The van der Waals surface area contributed by atoms with Crippen molar-refractivity contribution in [3.63, 3.8) is 0 Å². The number of hydrogen-bond acceptors (Lipinski definition) is 4. The average molecular weight is 372 g/mol. The molecule has 0 bridgehead atoms. The van der Waals surface area contributed by atoms with Crippen LogP contribution >= 0.6 is 0 Å². The Balaban J connectivity index is 2.60. The first kappa shape index (κ1) is 20.9. The third-order valence-corrected chi connectivity index (χ3v) is 5.45. The zero-order valence-electron chi connectivity index (χ0n) is 16.5. The first-order valence-corrected chi connectivity index (χ1v) is 9.38. The quantitative estimate of drug-likeness (QED) is 0.449. The second-order valence-corrected chi connectivity index (χ2v) is 7.27. The van der Waals surface area contributed by atoms with Crippen LogP contribution in [0.2, 0.25) is 0 Å². The number of esters is 1. The van der Waals surface area contributed by atoms with Crippen LogP contribution in [0.4, 0.5) is 0 Å². The topological polar surface area (TPSA) is 80.7 Å². The van der Waals surface area contributed by atoms with Gasteiger partial charge in [-0.25, -0.2) is 0 Å². The van der Waals surface area contributed by atoms with Gasteiger partial charge in [0.25, 0.3) is 0 Å². The molecule has 3 unspecified atom stereocenters. The number of hydrogen-bond donors (Lipinski definition) is 1. The highest BCUT2D eigenvalue weighted by molar-refractivity contribution is 6.07. The molecule has 146 valence electrons. The highest BCUT2D eigenvalue weighted by atomic mass is 16.5. The van der Waals surface area contributed by atoms with Crippen molar-refractivity contribution in [3.05, 3.63) is 46.5 Å². The van der Waals surface area contributed by atoms with E-state index in [4.69, 9.17) is 4.74 Å². The van der Waals surface area contributed by atoms with Gasteiger partial charge in [-0.05, 0) is 49.3 Å². The number of carboxylic acids is 1. The van der Waals surface area contributed by atoms with Crippen LogP contribution in [0.5, 0.6) is 0 Å². The highest BCUT2D eigenvalue weighted by Crippen LogP contribution is 2.40. The van der Waals surface area contributed by atoms with Gasteiger partial charge in [0, 0.05) is 5.92 Å². The maximum Gasteiger partial charge on any atom is 0.320 e. The fourth-order valence-electron chi connectivity index (χ4n) is 4.17. The zero-order chi connectivity index (χ0) is 20.3. The number of carbonyl (C=O) groups is 3. The Hall–Kier alpha value is -2.43. The summed E-state index contributed by atoms with van der Waals surface area (Å²) in [6.07, 6.45) is 1.92. The number of aryl methyl sites for hydroxylation is 3. The average Bonchev–Trinajstić information content (AvgIpc) is 3.04. The van der Waals surface area contributed by atoms with Gasteiger partial charge in [0.1, 0.15) is 5.92 Å². The first-order chi connectivity index (χ1) is 12.7. The van der Waals surface area contributed by atoms with Gasteiger partial charge in [-0.3, -0.25) is 14.4 Å². The fraction of sp³-hybridized carbons (Fsp3) is 0.500. The predicted octanol–water partition coefficient (Wildman–Crippen LogP) is 3.61. The van der Waals surface area contributed by atoms with Crippen molar-refractivity contribution in [2.45, 2.75) is 52.4 Å². The molecule has 3 atom stereocenters. The van der Waals surface area contributed by atoms with Gasteiger partial charge in [-0.2, -0.15) is 0 Å². The summed E-state index contributed by atoms with van der Waals surface area (Å²) in [6, 6.07) is 3.97. The van der Waals surface area contributed by atoms with E-state index in [1.165, 1.54) is 7.11 Å². The van der Waals surface area contributed by atoms with E-state index in [0.717, 1.165) is 22.3 Å². The van der Waals surface area contributed by atoms with E-state index in [-0.39, 0.29) is 12.2 Å². The summed E-state index contributed by atoms with van der Waals surface area (Å²) in [4.78, 5) is 37.7. The number of ether oxygens (including phenoxy) is 1. The molecule has 5 heteroatoms. The summed E-state index contributed by atoms with van der Waals surface area (Å²) in [6.45, 7) is 9.81. The standard InChI is InChI=1S/C22H28O5/c1-6-14-8-12(3)9-15(7-2)18(14)19(22(26)27-5)20(23)16-10-13(4)11-17(16)21(24)25/h8-9,16-17,19H,4,6-7,10-11H2,1-3,5H3,(H,24,25). The Morgan fingerprint density at radius 3 is 2.11 bits per heavy atom. The number of allylic oxidation sites excluding steroid dienone is 1. The molecule has 1 saturated carbocycles. The molecule has 0 amide bonds. The molecule has 0 radical (unpaired) electrons. The van der Waals surface area contributed by atoms with Crippen molar-refractivity contribution < 1.29 is 24.2 Å². The molecule has 0 aliphatic heterocycles. The number of rotatable bonds is 7. The van der Waals surface area contributed by atoms with Crippen molar-refractivity contribution >= 4 is 17.7 Å². The molecule has 0 aromatic heterocycles. The second kappa shape index (κ2) is 8.51. The van der Waals surface area contributed by atoms with Gasteiger partial charge in [0.05, 0.1) is 13.0 Å². The number of benzene rings is 1. The largest absolute Gasteiger partial charge is 0.481 e. The first-order valence-electron chi connectivity index (χ1n) is 9.38. The third-order valence-electron chi connectivity index (χ3n) is 5.45. The molecule has 5 nitrogen and oxygen atoms in total. The molecule has 0 saturated heterocycles. The highest BCUT2D eigenvalue weighted by Gasteiger charge is 2.45. The van der Waals surface area contributed by atoms with Crippen molar-refractivity contribution in [2.75, 3.05) is 7.11 Å². The smallest absolute Gasteiger partial charge is 0.320 e. The molecular formula is C22H28O5. The van der Waals surface area contributed by atoms with Crippen molar-refractivity contribution in [1.82, 2.24) is 0 Å². The number of ketones is 1. The zero-order valence-corrected chi connectivity index (χ0v) is 16.5. The lowest BCUT2D eigenvalue weighted by Crippen LogP contribution is -2.34. The van der Waals surface area contributed by atoms with Gasteiger partial charge in [-0.15, -0.1) is 0 Å². The fourth-order valence-corrected chi connectivity index (χ4v) is 4.17. The Bertz CT molecular complexity index is 752. The van der Waals surface area contributed by atoms with E-state index in [1.54, 1.807) is 0 Å². The third kappa shape index (κ3) is 4.12. The molecule has 2 rings (SSSR count). The van der Waals surface area contributed by atoms with Gasteiger partial charge >= 0.3 is 11.9 Å². The number of aliphatic carboxylic acids is 1. The van der Waals surface area contributed by atoms with Gasteiger partial charge in [0.2, 0.25) is 0 Å². The molecule has 27 heavy (non-hydrogen) atoms. The second-order valence-electron chi connectivity index (χ2n) is 7.27. The summed E-state index contributed by atoms with van der Waals surface area (Å²) in [5.74, 6) is -4.71. The number of carboxylic acid groups (broad SMARTS) is 1. The summed E-state index contributed by atoms with van der Waals surface area (Å²) >= 11 is 0. The molecule has 1 N–H and O–H groups in total. The number of carbonyl (C=O) groups excluding carboxylic acids is 2.